The smallest absolute Gasteiger partial charge is 0.212 e. The summed E-state index contributed by atoms with van der Waals surface area (Å²) in [6.45, 7) is 7.12. The highest BCUT2D eigenvalue weighted by atomic mass is 19.1. The molecule has 0 spiro atoms. The summed E-state index contributed by atoms with van der Waals surface area (Å²) in [5, 5.41) is 3.30. The predicted molar refractivity (Wildman–Crippen MR) is 131 cm³/mol. The lowest BCUT2D eigenvalue weighted by atomic mass is 10.1. The SMILES string of the molecule is CC(C)N1CC2CC1CN2c1nc(-c2ccnc(NCc3cccc(F)c3)c2)cc2nccn12. The topological polar surface area (TPSA) is 61.6 Å². The highest BCUT2D eigenvalue weighted by Gasteiger charge is 2.45. The lowest BCUT2D eigenvalue weighted by molar-refractivity contribution is 0.190. The molecule has 174 valence electrons. The number of nitrogens with one attached hydrogen (secondary N) is 1. The Morgan fingerprint density at radius 1 is 1.06 bits per heavy atom. The fourth-order valence-electron chi connectivity index (χ4n) is 5.36. The summed E-state index contributed by atoms with van der Waals surface area (Å²) < 4.78 is 15.6. The first-order valence-corrected chi connectivity index (χ1v) is 11.9. The number of hydrogen-bond donors (Lipinski definition) is 1. The van der Waals surface area contributed by atoms with Crippen LogP contribution in [0.1, 0.15) is 25.8 Å². The molecule has 2 aliphatic rings. The van der Waals surface area contributed by atoms with Gasteiger partial charge < -0.3 is 10.2 Å². The molecule has 1 aromatic carbocycles. The van der Waals surface area contributed by atoms with Gasteiger partial charge in [0.1, 0.15) is 17.3 Å². The van der Waals surface area contributed by atoms with Crippen molar-refractivity contribution in [3.63, 3.8) is 0 Å². The Balaban J connectivity index is 1.29. The molecule has 2 bridgehead atoms. The van der Waals surface area contributed by atoms with Gasteiger partial charge in [0, 0.05) is 68.0 Å². The molecule has 2 saturated heterocycles. The number of likely N-dealkylation sites (tertiary alicyclic amines) is 1. The Kier molecular flexibility index (Phi) is 5.17. The summed E-state index contributed by atoms with van der Waals surface area (Å²) in [5.41, 5.74) is 3.59. The van der Waals surface area contributed by atoms with Crippen molar-refractivity contribution in [3.8, 4) is 11.3 Å². The Labute approximate surface area is 198 Å². The number of piperazine rings is 1. The highest BCUT2D eigenvalue weighted by Crippen LogP contribution is 2.36. The average Bonchev–Trinajstić information content (AvgIpc) is 3.58. The maximum atomic E-state index is 13.5. The molecule has 0 saturated carbocycles. The van der Waals surface area contributed by atoms with Gasteiger partial charge in [0.25, 0.3) is 0 Å². The van der Waals surface area contributed by atoms with Crippen LogP contribution in [-0.2, 0) is 6.54 Å². The molecule has 2 unspecified atom stereocenters. The second-order valence-corrected chi connectivity index (χ2v) is 9.50. The van der Waals surface area contributed by atoms with Gasteiger partial charge in [-0.1, -0.05) is 12.1 Å². The number of nitrogens with zero attached hydrogens (tertiary/aromatic N) is 6. The van der Waals surface area contributed by atoms with E-state index in [2.05, 4.69) is 43.3 Å². The molecule has 8 heteroatoms. The van der Waals surface area contributed by atoms with E-state index < -0.39 is 0 Å². The molecular formula is C26H28FN7. The van der Waals surface area contributed by atoms with E-state index in [1.54, 1.807) is 12.3 Å². The normalized spacial score (nSPS) is 20.1. The molecule has 0 radical (unpaired) electrons. The van der Waals surface area contributed by atoms with Crippen LogP contribution in [0.5, 0.6) is 0 Å². The third kappa shape index (κ3) is 3.77. The zero-order valence-corrected chi connectivity index (χ0v) is 19.4. The van der Waals surface area contributed by atoms with Crippen LogP contribution in [0.3, 0.4) is 0 Å². The van der Waals surface area contributed by atoms with Gasteiger partial charge in [-0.05, 0) is 50.1 Å². The van der Waals surface area contributed by atoms with Gasteiger partial charge in [-0.15, -0.1) is 0 Å². The molecule has 2 aliphatic heterocycles. The Hall–Kier alpha value is -3.52. The minimum absolute atomic E-state index is 0.238. The van der Waals surface area contributed by atoms with Crippen molar-refractivity contribution < 1.29 is 4.39 Å². The van der Waals surface area contributed by atoms with Crippen molar-refractivity contribution in [2.45, 2.75) is 44.9 Å². The van der Waals surface area contributed by atoms with E-state index in [-0.39, 0.29) is 5.82 Å². The molecule has 2 fully saturated rings. The molecule has 3 aromatic heterocycles. The standard InChI is InChI=1S/C26H28FN7/c1-17(2)33-15-22-12-21(33)16-34(22)26-31-23(13-25-29-8-9-32(25)26)19-6-7-28-24(11-19)30-14-18-4-3-5-20(27)10-18/h3-11,13,17,21-22H,12,14-16H2,1-2H3,(H,28,30). The lowest BCUT2D eigenvalue weighted by Gasteiger charge is -2.37. The molecular weight excluding hydrogens is 429 g/mol. The van der Waals surface area contributed by atoms with Gasteiger partial charge in [-0.2, -0.15) is 0 Å². The van der Waals surface area contributed by atoms with Crippen molar-refractivity contribution in [2.75, 3.05) is 23.3 Å². The summed E-state index contributed by atoms with van der Waals surface area (Å²) in [4.78, 5) is 19.2. The van der Waals surface area contributed by atoms with E-state index in [0.717, 1.165) is 47.3 Å². The number of fused-ring (bicyclic) bond motifs is 3. The largest absolute Gasteiger partial charge is 0.366 e. The second kappa shape index (κ2) is 8.36. The predicted octanol–water partition coefficient (Wildman–Crippen LogP) is 4.21. The monoisotopic (exact) mass is 457 g/mol. The quantitative estimate of drug-likeness (QED) is 0.468. The third-order valence-corrected chi connectivity index (χ3v) is 6.99. The number of aromatic nitrogens is 4. The number of imidazole rings is 1. The van der Waals surface area contributed by atoms with E-state index in [9.17, 15) is 4.39 Å². The van der Waals surface area contributed by atoms with Crippen LogP contribution in [-0.4, -0.2) is 55.5 Å². The van der Waals surface area contributed by atoms with Gasteiger partial charge in [-0.3, -0.25) is 9.30 Å². The fourth-order valence-corrected chi connectivity index (χ4v) is 5.36. The molecule has 6 rings (SSSR count). The lowest BCUT2D eigenvalue weighted by Crippen LogP contribution is -2.49. The van der Waals surface area contributed by atoms with Crippen molar-refractivity contribution in [2.24, 2.45) is 0 Å². The van der Waals surface area contributed by atoms with E-state index in [0.29, 0.717) is 24.7 Å². The number of rotatable bonds is 6. The maximum Gasteiger partial charge on any atom is 0.212 e. The summed E-state index contributed by atoms with van der Waals surface area (Å²) in [7, 11) is 0. The second-order valence-electron chi connectivity index (χ2n) is 9.50. The van der Waals surface area contributed by atoms with Crippen LogP contribution in [0.4, 0.5) is 16.2 Å². The zero-order chi connectivity index (χ0) is 23.2. The first-order valence-electron chi connectivity index (χ1n) is 11.9. The first-order chi connectivity index (χ1) is 16.5. The molecule has 2 atom stereocenters. The third-order valence-electron chi connectivity index (χ3n) is 6.99. The van der Waals surface area contributed by atoms with Gasteiger partial charge in [-0.25, -0.2) is 19.3 Å². The molecule has 5 heterocycles. The average molecular weight is 458 g/mol. The number of pyridine rings is 1. The molecule has 7 nitrogen and oxygen atoms in total. The molecule has 0 aliphatic carbocycles. The number of anilines is 2. The molecule has 1 N–H and O–H groups in total. The van der Waals surface area contributed by atoms with Crippen LogP contribution in [0.25, 0.3) is 16.9 Å². The summed E-state index contributed by atoms with van der Waals surface area (Å²) in [6, 6.07) is 14.2. The Bertz CT molecular complexity index is 1330. The van der Waals surface area contributed by atoms with Crippen molar-refractivity contribution in [3.05, 3.63) is 72.4 Å². The summed E-state index contributed by atoms with van der Waals surface area (Å²) >= 11 is 0. The van der Waals surface area contributed by atoms with Crippen molar-refractivity contribution in [1.29, 1.82) is 0 Å². The first kappa shape index (κ1) is 21.0. The van der Waals surface area contributed by atoms with Gasteiger partial charge >= 0.3 is 0 Å². The van der Waals surface area contributed by atoms with E-state index in [4.69, 9.17) is 4.98 Å². The van der Waals surface area contributed by atoms with Gasteiger partial charge in [0.15, 0.2) is 0 Å². The van der Waals surface area contributed by atoms with Crippen LogP contribution in [0.2, 0.25) is 0 Å². The van der Waals surface area contributed by atoms with Crippen LogP contribution in [0, 0.1) is 5.82 Å². The maximum absolute atomic E-state index is 13.5. The Morgan fingerprint density at radius 3 is 2.76 bits per heavy atom. The minimum atomic E-state index is -0.238. The molecule has 4 aromatic rings. The fraction of sp³-hybridized carbons (Fsp3) is 0.346. The van der Waals surface area contributed by atoms with Crippen molar-refractivity contribution in [1.82, 2.24) is 24.3 Å². The van der Waals surface area contributed by atoms with Crippen LogP contribution >= 0.6 is 0 Å². The van der Waals surface area contributed by atoms with E-state index >= 15 is 0 Å². The molecule has 0 amide bonds. The van der Waals surface area contributed by atoms with E-state index in [1.807, 2.05) is 36.7 Å². The van der Waals surface area contributed by atoms with Gasteiger partial charge in [0.05, 0.1) is 5.69 Å². The summed E-state index contributed by atoms with van der Waals surface area (Å²) in [5.74, 6) is 1.44. The Morgan fingerprint density at radius 2 is 1.97 bits per heavy atom. The zero-order valence-electron chi connectivity index (χ0n) is 19.4. The molecule has 34 heavy (non-hydrogen) atoms. The highest BCUT2D eigenvalue weighted by molar-refractivity contribution is 5.68. The number of hydrogen-bond acceptors (Lipinski definition) is 6. The van der Waals surface area contributed by atoms with Crippen molar-refractivity contribution >= 4 is 17.4 Å². The summed E-state index contributed by atoms with van der Waals surface area (Å²) in [6.07, 6.45) is 6.78. The van der Waals surface area contributed by atoms with Crippen LogP contribution in [0.15, 0.2) is 61.1 Å². The number of benzene rings is 1. The number of halogens is 1. The van der Waals surface area contributed by atoms with Crippen LogP contribution < -0.4 is 10.2 Å². The van der Waals surface area contributed by atoms with E-state index in [1.165, 1.54) is 18.6 Å². The minimum Gasteiger partial charge on any atom is -0.366 e. The van der Waals surface area contributed by atoms with Gasteiger partial charge in [0.2, 0.25) is 5.95 Å².